The Morgan fingerprint density at radius 1 is 1.03 bits per heavy atom. The minimum Gasteiger partial charge on any atom is -0.493 e. The number of hydrogen-bond acceptors (Lipinski definition) is 7. The Morgan fingerprint density at radius 2 is 1.74 bits per heavy atom. The van der Waals surface area contributed by atoms with Crippen molar-refractivity contribution in [3.05, 3.63) is 82.6 Å². The molecule has 0 bridgehead atoms. The van der Waals surface area contributed by atoms with E-state index in [0.29, 0.717) is 25.3 Å². The number of rotatable bonds is 9. The van der Waals surface area contributed by atoms with Crippen molar-refractivity contribution in [2.45, 2.75) is 39.5 Å². The van der Waals surface area contributed by atoms with Gasteiger partial charge in [0.25, 0.3) is 0 Å². The Kier molecular flexibility index (Phi) is 7.87. The van der Waals surface area contributed by atoms with Gasteiger partial charge in [-0.15, -0.1) is 11.3 Å². The number of aryl methyl sites for hydroxylation is 3. The Morgan fingerprint density at radius 3 is 2.43 bits per heavy atom. The van der Waals surface area contributed by atoms with Crippen LogP contribution in [-0.2, 0) is 16.0 Å². The van der Waals surface area contributed by atoms with Crippen molar-refractivity contribution in [3.63, 3.8) is 0 Å². The van der Waals surface area contributed by atoms with Crippen LogP contribution in [0.4, 0.5) is 0 Å². The predicted molar refractivity (Wildman–Crippen MR) is 139 cm³/mol. The first-order valence-electron chi connectivity index (χ1n) is 11.6. The van der Waals surface area contributed by atoms with Gasteiger partial charge in [0.1, 0.15) is 10.8 Å². The van der Waals surface area contributed by atoms with E-state index in [2.05, 4.69) is 35.9 Å². The van der Waals surface area contributed by atoms with Crippen LogP contribution in [-0.4, -0.2) is 34.6 Å². The molecule has 1 atom stereocenters. The maximum absolute atomic E-state index is 11.4. The van der Waals surface area contributed by atoms with Crippen molar-refractivity contribution in [1.82, 2.24) is 15.0 Å². The monoisotopic (exact) mass is 487 g/mol. The summed E-state index contributed by atoms with van der Waals surface area (Å²) in [5.74, 6) is 1.49. The molecule has 2 aromatic carbocycles. The lowest BCUT2D eigenvalue weighted by atomic mass is 10.0. The molecule has 1 unspecified atom stereocenters. The molecule has 0 fully saturated rings. The largest absolute Gasteiger partial charge is 0.493 e. The first kappa shape index (κ1) is 24.5. The summed E-state index contributed by atoms with van der Waals surface area (Å²) in [6, 6.07) is 16.0. The Bertz CT molecular complexity index is 1290. The summed E-state index contributed by atoms with van der Waals surface area (Å²) in [7, 11) is 1.41. The molecule has 0 N–H and O–H groups in total. The van der Waals surface area contributed by atoms with E-state index in [-0.39, 0.29) is 11.9 Å². The van der Waals surface area contributed by atoms with Crippen LogP contribution < -0.4 is 4.74 Å². The van der Waals surface area contributed by atoms with Gasteiger partial charge in [0.05, 0.1) is 19.4 Å². The van der Waals surface area contributed by atoms with Gasteiger partial charge >= 0.3 is 5.97 Å². The number of aromatic nitrogens is 3. The van der Waals surface area contributed by atoms with Gasteiger partial charge in [-0.3, -0.25) is 4.79 Å². The maximum atomic E-state index is 11.4. The summed E-state index contributed by atoms with van der Waals surface area (Å²) in [5, 5.41) is 0.996. The number of esters is 1. The van der Waals surface area contributed by atoms with E-state index in [9.17, 15) is 4.79 Å². The molecule has 0 spiro atoms. The summed E-state index contributed by atoms with van der Waals surface area (Å²) < 4.78 is 10.8. The third-order valence-electron chi connectivity index (χ3n) is 5.90. The van der Waals surface area contributed by atoms with Crippen LogP contribution >= 0.6 is 11.3 Å². The molecule has 0 saturated heterocycles. The molecule has 180 valence electrons. The van der Waals surface area contributed by atoms with Crippen LogP contribution in [0.5, 0.6) is 5.75 Å². The lowest BCUT2D eigenvalue weighted by Gasteiger charge is -2.14. The van der Waals surface area contributed by atoms with E-state index >= 15 is 0 Å². The van der Waals surface area contributed by atoms with Crippen LogP contribution in [0.1, 0.15) is 41.0 Å². The predicted octanol–water partition coefficient (Wildman–Crippen LogP) is 6.17. The second kappa shape index (κ2) is 11.2. The number of carbonyl (C=O) groups is 1. The van der Waals surface area contributed by atoms with Gasteiger partial charge < -0.3 is 9.47 Å². The molecule has 2 heterocycles. The fraction of sp³-hybridized carbons (Fsp3) is 0.286. The molecule has 0 aliphatic rings. The number of nitrogens with zero attached hydrogens (tertiary/aromatic N) is 3. The molecular weight excluding hydrogens is 458 g/mol. The van der Waals surface area contributed by atoms with Gasteiger partial charge in [0.15, 0.2) is 5.82 Å². The highest BCUT2D eigenvalue weighted by atomic mass is 32.1. The molecule has 0 aliphatic carbocycles. The van der Waals surface area contributed by atoms with E-state index in [1.165, 1.54) is 12.0 Å². The number of methoxy groups -OCH3 is 1. The highest BCUT2D eigenvalue weighted by Gasteiger charge is 2.17. The number of carbonyl (C=O) groups excluding carboxylic acids is 1. The van der Waals surface area contributed by atoms with Crippen molar-refractivity contribution in [3.8, 4) is 27.7 Å². The summed E-state index contributed by atoms with van der Waals surface area (Å²) in [6.07, 6.45) is 4.53. The third-order valence-corrected chi connectivity index (χ3v) is 6.93. The van der Waals surface area contributed by atoms with Gasteiger partial charge in [0.2, 0.25) is 0 Å². The Labute approximate surface area is 210 Å². The quantitative estimate of drug-likeness (QED) is 0.263. The Hall–Kier alpha value is -3.58. The highest BCUT2D eigenvalue weighted by Crippen LogP contribution is 2.32. The van der Waals surface area contributed by atoms with E-state index in [4.69, 9.17) is 14.5 Å². The van der Waals surface area contributed by atoms with Crippen LogP contribution in [0.25, 0.3) is 22.0 Å². The van der Waals surface area contributed by atoms with Crippen molar-refractivity contribution < 1.29 is 14.3 Å². The van der Waals surface area contributed by atoms with Crippen molar-refractivity contribution >= 4 is 17.3 Å². The lowest BCUT2D eigenvalue weighted by molar-refractivity contribution is -0.140. The summed E-state index contributed by atoms with van der Waals surface area (Å²) >= 11 is 1.70. The molecule has 7 heteroatoms. The molecule has 0 amide bonds. The van der Waals surface area contributed by atoms with Gasteiger partial charge in [-0.25, -0.2) is 15.0 Å². The SMILES string of the molecule is COC(=O)CCc1ccc(OCC(C)c2nc(-c3ccc(-c4ncccn4)cc3)sc2C)cc1C. The molecule has 2 aromatic heterocycles. The Balaban J connectivity index is 1.39. The maximum Gasteiger partial charge on any atom is 0.305 e. The molecule has 0 aliphatic heterocycles. The lowest BCUT2D eigenvalue weighted by Crippen LogP contribution is -2.09. The molecule has 4 aromatic rings. The van der Waals surface area contributed by atoms with E-state index in [1.54, 1.807) is 23.7 Å². The van der Waals surface area contributed by atoms with Crippen molar-refractivity contribution in [2.24, 2.45) is 0 Å². The standard InChI is InChI=1S/C28H29N3O3S/c1-18-16-24(12-10-21(18)11-13-25(32)33-4)34-17-19(2)26-20(3)35-28(31-26)23-8-6-22(7-9-23)27-29-14-5-15-30-27/h5-10,12,14-16,19H,11,13,17H2,1-4H3. The zero-order valence-corrected chi connectivity index (χ0v) is 21.3. The van der Waals surface area contributed by atoms with Gasteiger partial charge in [-0.2, -0.15) is 0 Å². The molecule has 0 saturated carbocycles. The van der Waals surface area contributed by atoms with Crippen molar-refractivity contribution in [1.29, 1.82) is 0 Å². The smallest absolute Gasteiger partial charge is 0.305 e. The fourth-order valence-corrected chi connectivity index (χ4v) is 4.92. The molecule has 0 radical (unpaired) electrons. The summed E-state index contributed by atoms with van der Waals surface area (Å²) in [5.41, 5.74) is 5.36. The zero-order valence-electron chi connectivity index (χ0n) is 20.4. The minimum absolute atomic E-state index is 0.149. The van der Waals surface area contributed by atoms with Crippen LogP contribution in [0.15, 0.2) is 60.9 Å². The van der Waals surface area contributed by atoms with E-state index < -0.39 is 0 Å². The number of thiazole rings is 1. The van der Waals surface area contributed by atoms with Crippen LogP contribution in [0.3, 0.4) is 0 Å². The topological polar surface area (TPSA) is 74.2 Å². The van der Waals surface area contributed by atoms with Crippen LogP contribution in [0.2, 0.25) is 0 Å². The normalized spacial score (nSPS) is 11.8. The van der Waals surface area contributed by atoms with Gasteiger partial charge in [-0.1, -0.05) is 37.3 Å². The summed E-state index contributed by atoms with van der Waals surface area (Å²) in [6.45, 7) is 6.82. The number of benzene rings is 2. The third kappa shape index (κ3) is 6.11. The molecular formula is C28H29N3O3S. The first-order chi connectivity index (χ1) is 16.9. The van der Waals surface area contributed by atoms with Gasteiger partial charge in [-0.05, 0) is 49.6 Å². The highest BCUT2D eigenvalue weighted by molar-refractivity contribution is 7.15. The second-order valence-corrected chi connectivity index (χ2v) is 9.69. The van der Waals surface area contributed by atoms with Gasteiger partial charge in [0, 0.05) is 40.7 Å². The molecule has 4 rings (SSSR count). The molecule has 6 nitrogen and oxygen atoms in total. The zero-order chi connectivity index (χ0) is 24.8. The molecule has 35 heavy (non-hydrogen) atoms. The first-order valence-corrected chi connectivity index (χ1v) is 12.4. The summed E-state index contributed by atoms with van der Waals surface area (Å²) in [4.78, 5) is 26.2. The van der Waals surface area contributed by atoms with E-state index in [0.717, 1.165) is 38.7 Å². The van der Waals surface area contributed by atoms with E-state index in [1.807, 2.05) is 43.3 Å². The average molecular weight is 488 g/mol. The van der Waals surface area contributed by atoms with Crippen LogP contribution in [0, 0.1) is 13.8 Å². The minimum atomic E-state index is -0.197. The van der Waals surface area contributed by atoms with Crippen molar-refractivity contribution in [2.75, 3.05) is 13.7 Å². The number of ether oxygens (including phenoxy) is 2. The average Bonchev–Trinajstić information content (AvgIpc) is 3.28. The number of hydrogen-bond donors (Lipinski definition) is 0. The second-order valence-electron chi connectivity index (χ2n) is 8.49. The fourth-order valence-electron chi connectivity index (χ4n) is 3.88.